The van der Waals surface area contributed by atoms with E-state index in [0.717, 1.165) is 56.6 Å². The largest absolute Gasteiger partial charge is 0.338 e. The van der Waals surface area contributed by atoms with Gasteiger partial charge in [0.25, 0.3) is 0 Å². The second-order valence-corrected chi connectivity index (χ2v) is 6.49. The lowest BCUT2D eigenvalue weighted by Gasteiger charge is -2.27. The highest BCUT2D eigenvalue weighted by atomic mass is 35.5. The number of rotatable bonds is 4. The molecule has 1 aromatic rings. The van der Waals surface area contributed by atoms with Crippen molar-refractivity contribution < 1.29 is 9.59 Å². The van der Waals surface area contributed by atoms with Crippen LogP contribution in [0.1, 0.15) is 37.7 Å². The van der Waals surface area contributed by atoms with E-state index in [2.05, 4.69) is 10.6 Å². The molecular weight excluding hydrogens is 326 g/mol. The number of carbonyl (C=O) groups excluding carboxylic acids is 2. The first kappa shape index (κ1) is 18.7. The van der Waals surface area contributed by atoms with Crippen molar-refractivity contribution in [1.82, 2.24) is 10.2 Å². The van der Waals surface area contributed by atoms with E-state index in [1.54, 1.807) is 0 Å². The Labute approximate surface area is 149 Å². The Morgan fingerprint density at radius 1 is 1.25 bits per heavy atom. The number of benzene rings is 1. The van der Waals surface area contributed by atoms with Crippen LogP contribution in [0.5, 0.6) is 0 Å². The maximum Gasteiger partial charge on any atom is 0.227 e. The Kier molecular flexibility index (Phi) is 7.06. The summed E-state index contributed by atoms with van der Waals surface area (Å²) in [6.07, 6.45) is 4.54. The lowest BCUT2D eigenvalue weighted by Crippen LogP contribution is -2.35. The van der Waals surface area contributed by atoms with Crippen molar-refractivity contribution in [3.63, 3.8) is 0 Å². The summed E-state index contributed by atoms with van der Waals surface area (Å²) in [5.74, 6) is 0.446. The predicted molar refractivity (Wildman–Crippen MR) is 97.2 cm³/mol. The zero-order valence-corrected chi connectivity index (χ0v) is 14.7. The van der Waals surface area contributed by atoms with E-state index >= 15 is 0 Å². The molecule has 5 nitrogen and oxygen atoms in total. The molecule has 0 aromatic heterocycles. The van der Waals surface area contributed by atoms with Crippen LogP contribution in [0.15, 0.2) is 24.3 Å². The Morgan fingerprint density at radius 2 is 2.04 bits per heavy atom. The van der Waals surface area contributed by atoms with Crippen molar-refractivity contribution in [1.29, 1.82) is 0 Å². The summed E-state index contributed by atoms with van der Waals surface area (Å²) in [5.41, 5.74) is 1.90. The molecule has 2 fully saturated rings. The SMILES string of the molecule is Cl.O=C(Nc1cccc(CN2CCCCC2=O)c1)C1CCNCC1. The predicted octanol–water partition coefficient (Wildman–Crippen LogP) is 2.56. The molecule has 1 aromatic carbocycles. The van der Waals surface area contributed by atoms with E-state index < -0.39 is 0 Å². The van der Waals surface area contributed by atoms with Crippen LogP contribution >= 0.6 is 12.4 Å². The van der Waals surface area contributed by atoms with Crippen molar-refractivity contribution in [2.45, 2.75) is 38.6 Å². The average molecular weight is 352 g/mol. The van der Waals surface area contributed by atoms with Gasteiger partial charge in [0.15, 0.2) is 0 Å². The molecule has 2 heterocycles. The molecule has 2 N–H and O–H groups in total. The number of nitrogens with one attached hydrogen (secondary N) is 2. The van der Waals surface area contributed by atoms with Gasteiger partial charge in [0.05, 0.1) is 0 Å². The summed E-state index contributed by atoms with van der Waals surface area (Å²) < 4.78 is 0. The van der Waals surface area contributed by atoms with Crippen molar-refractivity contribution >= 4 is 29.9 Å². The number of nitrogens with zero attached hydrogens (tertiary/aromatic N) is 1. The highest BCUT2D eigenvalue weighted by Gasteiger charge is 2.21. The Balaban J connectivity index is 0.00000208. The minimum Gasteiger partial charge on any atom is -0.338 e. The molecule has 3 rings (SSSR count). The van der Waals surface area contributed by atoms with Crippen LogP contribution in [0.25, 0.3) is 0 Å². The average Bonchev–Trinajstić information content (AvgIpc) is 2.58. The van der Waals surface area contributed by atoms with E-state index in [1.165, 1.54) is 0 Å². The van der Waals surface area contributed by atoms with Gasteiger partial charge < -0.3 is 15.5 Å². The van der Waals surface area contributed by atoms with Crippen LogP contribution in [0, 0.1) is 5.92 Å². The Bertz CT molecular complexity index is 573. The van der Waals surface area contributed by atoms with Crippen LogP contribution in [0.3, 0.4) is 0 Å². The molecule has 2 saturated heterocycles. The third-order valence-electron chi connectivity index (χ3n) is 4.70. The third kappa shape index (κ3) is 4.95. The number of piperidine rings is 2. The Morgan fingerprint density at radius 3 is 2.79 bits per heavy atom. The monoisotopic (exact) mass is 351 g/mol. The Hall–Kier alpha value is -1.59. The molecule has 132 valence electrons. The molecule has 2 aliphatic rings. The second-order valence-electron chi connectivity index (χ2n) is 6.49. The maximum atomic E-state index is 12.3. The van der Waals surface area contributed by atoms with Crippen molar-refractivity contribution in [2.75, 3.05) is 25.0 Å². The summed E-state index contributed by atoms with van der Waals surface area (Å²) in [4.78, 5) is 26.1. The molecule has 0 bridgehead atoms. The van der Waals surface area contributed by atoms with E-state index in [-0.39, 0.29) is 30.1 Å². The van der Waals surface area contributed by atoms with Gasteiger partial charge >= 0.3 is 0 Å². The lowest BCUT2D eigenvalue weighted by molar-refractivity contribution is -0.133. The topological polar surface area (TPSA) is 61.4 Å². The van der Waals surface area contributed by atoms with Crippen LogP contribution in [0.2, 0.25) is 0 Å². The molecule has 6 heteroatoms. The number of likely N-dealkylation sites (tertiary alicyclic amines) is 1. The van der Waals surface area contributed by atoms with Gasteiger partial charge in [-0.05, 0) is 56.5 Å². The summed E-state index contributed by atoms with van der Waals surface area (Å²) in [6, 6.07) is 7.87. The van der Waals surface area contributed by atoms with Crippen molar-refractivity contribution in [2.24, 2.45) is 5.92 Å². The van der Waals surface area contributed by atoms with Crippen LogP contribution in [0.4, 0.5) is 5.69 Å². The molecule has 0 radical (unpaired) electrons. The first-order valence-corrected chi connectivity index (χ1v) is 8.61. The first-order chi connectivity index (χ1) is 11.2. The zero-order valence-electron chi connectivity index (χ0n) is 13.9. The number of hydrogen-bond acceptors (Lipinski definition) is 3. The third-order valence-corrected chi connectivity index (χ3v) is 4.70. The van der Waals surface area contributed by atoms with Gasteiger partial charge in [-0.1, -0.05) is 12.1 Å². The minimum absolute atomic E-state index is 0. The van der Waals surface area contributed by atoms with E-state index in [4.69, 9.17) is 0 Å². The van der Waals surface area contributed by atoms with Gasteiger partial charge in [0.1, 0.15) is 0 Å². The van der Waals surface area contributed by atoms with Gasteiger partial charge in [-0.2, -0.15) is 0 Å². The fraction of sp³-hybridized carbons (Fsp3) is 0.556. The van der Waals surface area contributed by atoms with E-state index in [1.807, 2.05) is 29.2 Å². The van der Waals surface area contributed by atoms with Gasteiger partial charge in [-0.15, -0.1) is 12.4 Å². The minimum atomic E-state index is 0. The van der Waals surface area contributed by atoms with Crippen LogP contribution in [-0.4, -0.2) is 36.3 Å². The fourth-order valence-corrected chi connectivity index (χ4v) is 3.33. The highest BCUT2D eigenvalue weighted by molar-refractivity contribution is 5.92. The number of anilines is 1. The second kappa shape index (κ2) is 9.04. The standard InChI is InChI=1S/C18H25N3O2.ClH/c22-17-6-1-2-11-21(17)13-14-4-3-5-16(12-14)20-18(23)15-7-9-19-10-8-15;/h3-5,12,15,19H,1-2,6-11,13H2,(H,20,23);1H. The van der Waals surface area contributed by atoms with Gasteiger partial charge in [-0.25, -0.2) is 0 Å². The summed E-state index contributed by atoms with van der Waals surface area (Å²) >= 11 is 0. The lowest BCUT2D eigenvalue weighted by atomic mass is 9.97. The molecule has 2 aliphatic heterocycles. The van der Waals surface area contributed by atoms with Gasteiger partial charge in [0, 0.05) is 31.1 Å². The van der Waals surface area contributed by atoms with Crippen LogP contribution in [-0.2, 0) is 16.1 Å². The first-order valence-electron chi connectivity index (χ1n) is 8.61. The highest BCUT2D eigenvalue weighted by Crippen LogP contribution is 2.19. The normalized spacial score (nSPS) is 18.8. The van der Waals surface area contributed by atoms with E-state index in [0.29, 0.717) is 13.0 Å². The molecule has 0 aliphatic carbocycles. The molecule has 24 heavy (non-hydrogen) atoms. The molecular formula is C18H26ClN3O2. The maximum absolute atomic E-state index is 12.3. The van der Waals surface area contributed by atoms with Gasteiger partial charge in [0.2, 0.25) is 11.8 Å². The molecule has 0 unspecified atom stereocenters. The number of amides is 2. The zero-order chi connectivity index (χ0) is 16.1. The van der Waals surface area contributed by atoms with Crippen molar-refractivity contribution in [3.8, 4) is 0 Å². The quantitative estimate of drug-likeness (QED) is 0.876. The smallest absolute Gasteiger partial charge is 0.227 e. The molecule has 0 saturated carbocycles. The van der Waals surface area contributed by atoms with Crippen molar-refractivity contribution in [3.05, 3.63) is 29.8 Å². The number of hydrogen-bond donors (Lipinski definition) is 2. The molecule has 2 amide bonds. The van der Waals surface area contributed by atoms with Gasteiger partial charge in [-0.3, -0.25) is 9.59 Å². The summed E-state index contributed by atoms with van der Waals surface area (Å²) in [7, 11) is 0. The molecule has 0 spiro atoms. The number of halogens is 1. The fourth-order valence-electron chi connectivity index (χ4n) is 3.33. The van der Waals surface area contributed by atoms with E-state index in [9.17, 15) is 9.59 Å². The van der Waals surface area contributed by atoms with Crippen LogP contribution < -0.4 is 10.6 Å². The summed E-state index contributed by atoms with van der Waals surface area (Å²) in [5, 5.41) is 6.31. The number of carbonyl (C=O) groups is 2. The summed E-state index contributed by atoms with van der Waals surface area (Å²) in [6.45, 7) is 3.30. The molecule has 0 atom stereocenters.